The third-order valence-electron chi connectivity index (χ3n) is 3.13. The first kappa shape index (κ1) is 15.2. The Balaban J connectivity index is 1.62. The number of furan rings is 1. The lowest BCUT2D eigenvalue weighted by molar-refractivity contribution is 0.0926. The Morgan fingerprint density at radius 1 is 1.26 bits per heavy atom. The normalized spacial score (nSPS) is 10.5. The number of para-hydroxylation sites is 1. The van der Waals surface area contributed by atoms with Crippen LogP contribution in [-0.2, 0) is 13.3 Å². The lowest BCUT2D eigenvalue weighted by atomic mass is 10.3. The lowest BCUT2D eigenvalue weighted by Gasteiger charge is -2.10. The summed E-state index contributed by atoms with van der Waals surface area (Å²) >= 11 is 6.03. The molecule has 1 amide bonds. The number of hydrogen-bond donors (Lipinski definition) is 1. The monoisotopic (exact) mass is 331 g/mol. The molecule has 0 bridgehead atoms. The number of ether oxygens (including phenoxy) is 1. The number of nitrogens with zero attached hydrogens (tertiary/aromatic N) is 2. The summed E-state index contributed by atoms with van der Waals surface area (Å²) in [6.07, 6.45) is 3.10. The average molecular weight is 332 g/mol. The van der Waals surface area contributed by atoms with Crippen molar-refractivity contribution in [3.63, 3.8) is 0 Å². The van der Waals surface area contributed by atoms with E-state index in [2.05, 4.69) is 10.4 Å². The van der Waals surface area contributed by atoms with Gasteiger partial charge in [0.15, 0.2) is 6.73 Å². The molecule has 0 radical (unpaired) electrons. The van der Waals surface area contributed by atoms with Crippen LogP contribution in [0.5, 0.6) is 5.75 Å². The van der Waals surface area contributed by atoms with Gasteiger partial charge in [0.2, 0.25) is 0 Å². The maximum Gasteiger partial charge on any atom is 0.270 e. The molecule has 0 saturated heterocycles. The number of hydrogen-bond acceptors (Lipinski definition) is 4. The minimum atomic E-state index is -0.262. The van der Waals surface area contributed by atoms with Crippen LogP contribution in [0.25, 0.3) is 0 Å². The molecule has 0 aliphatic rings. The second-order valence-electron chi connectivity index (χ2n) is 4.68. The molecule has 23 heavy (non-hydrogen) atoms. The molecular weight excluding hydrogens is 318 g/mol. The van der Waals surface area contributed by atoms with Crippen LogP contribution in [0.3, 0.4) is 0 Å². The van der Waals surface area contributed by atoms with E-state index in [9.17, 15) is 4.79 Å². The quantitative estimate of drug-likeness (QED) is 0.753. The van der Waals surface area contributed by atoms with Gasteiger partial charge in [-0.2, -0.15) is 5.10 Å². The zero-order valence-corrected chi connectivity index (χ0v) is 12.9. The lowest BCUT2D eigenvalue weighted by Crippen LogP contribution is -2.26. The van der Waals surface area contributed by atoms with Crippen LogP contribution in [0, 0.1) is 0 Å². The molecule has 1 aromatic carbocycles. The SMILES string of the molecule is O=C(NCc1ccco1)c1ccnn1COc1ccccc1Cl. The molecule has 3 aromatic rings. The van der Waals surface area contributed by atoms with Crippen molar-refractivity contribution in [3.05, 3.63) is 71.4 Å². The van der Waals surface area contributed by atoms with Crippen molar-refractivity contribution in [2.45, 2.75) is 13.3 Å². The van der Waals surface area contributed by atoms with Crippen molar-refractivity contribution in [1.82, 2.24) is 15.1 Å². The van der Waals surface area contributed by atoms with Gasteiger partial charge in [-0.3, -0.25) is 4.79 Å². The van der Waals surface area contributed by atoms with Crippen LogP contribution >= 0.6 is 11.6 Å². The molecule has 0 saturated carbocycles. The van der Waals surface area contributed by atoms with Crippen LogP contribution in [0.2, 0.25) is 5.02 Å². The van der Waals surface area contributed by atoms with Crippen molar-refractivity contribution in [3.8, 4) is 5.75 Å². The Kier molecular flexibility index (Phi) is 4.63. The highest BCUT2D eigenvalue weighted by Crippen LogP contribution is 2.23. The second-order valence-corrected chi connectivity index (χ2v) is 5.09. The molecular formula is C16H14ClN3O3. The number of rotatable bonds is 6. The number of carbonyl (C=O) groups excluding carboxylic acids is 1. The Bertz CT molecular complexity index is 783. The minimum Gasteiger partial charge on any atom is -0.470 e. The van der Waals surface area contributed by atoms with Crippen molar-refractivity contribution in [2.24, 2.45) is 0 Å². The van der Waals surface area contributed by atoms with Crippen LogP contribution in [0.4, 0.5) is 0 Å². The summed E-state index contributed by atoms with van der Waals surface area (Å²) in [5.41, 5.74) is 0.392. The van der Waals surface area contributed by atoms with E-state index in [4.69, 9.17) is 20.8 Å². The van der Waals surface area contributed by atoms with E-state index in [1.165, 1.54) is 10.9 Å². The number of amides is 1. The van der Waals surface area contributed by atoms with E-state index >= 15 is 0 Å². The zero-order chi connectivity index (χ0) is 16.1. The molecule has 7 heteroatoms. The molecule has 118 valence electrons. The van der Waals surface area contributed by atoms with Crippen molar-refractivity contribution >= 4 is 17.5 Å². The fourth-order valence-electron chi connectivity index (χ4n) is 1.99. The third kappa shape index (κ3) is 3.73. The summed E-state index contributed by atoms with van der Waals surface area (Å²) in [7, 11) is 0. The summed E-state index contributed by atoms with van der Waals surface area (Å²) in [5, 5.41) is 7.36. The minimum absolute atomic E-state index is 0.0836. The van der Waals surface area contributed by atoms with Crippen LogP contribution in [0.1, 0.15) is 16.2 Å². The number of halogens is 1. The maximum absolute atomic E-state index is 12.2. The van der Waals surface area contributed by atoms with Gasteiger partial charge in [-0.25, -0.2) is 4.68 Å². The van der Waals surface area contributed by atoms with E-state index in [1.807, 2.05) is 12.1 Å². The van der Waals surface area contributed by atoms with Gasteiger partial charge < -0.3 is 14.5 Å². The topological polar surface area (TPSA) is 69.3 Å². The first-order valence-corrected chi connectivity index (χ1v) is 7.31. The molecule has 2 aromatic heterocycles. The highest BCUT2D eigenvalue weighted by Gasteiger charge is 2.13. The smallest absolute Gasteiger partial charge is 0.270 e. The van der Waals surface area contributed by atoms with Gasteiger partial charge in [-0.1, -0.05) is 23.7 Å². The highest BCUT2D eigenvalue weighted by molar-refractivity contribution is 6.32. The first-order chi connectivity index (χ1) is 11.2. The van der Waals surface area contributed by atoms with Crippen LogP contribution in [-0.4, -0.2) is 15.7 Å². The van der Waals surface area contributed by atoms with E-state index in [0.29, 0.717) is 28.8 Å². The number of carbonyl (C=O) groups is 1. The highest BCUT2D eigenvalue weighted by atomic mass is 35.5. The molecule has 0 unspecified atom stereocenters. The Morgan fingerprint density at radius 3 is 2.91 bits per heavy atom. The summed E-state index contributed by atoms with van der Waals surface area (Å²) in [5.74, 6) is 0.949. The Morgan fingerprint density at radius 2 is 2.13 bits per heavy atom. The Labute approximate surface area is 137 Å². The fourth-order valence-corrected chi connectivity index (χ4v) is 2.18. The zero-order valence-electron chi connectivity index (χ0n) is 12.1. The predicted molar refractivity (Wildman–Crippen MR) is 84.2 cm³/mol. The standard InChI is InChI=1S/C16H14ClN3O3/c17-13-5-1-2-6-15(13)23-11-20-14(7-8-19-20)16(21)18-10-12-4-3-9-22-12/h1-9H,10-11H2,(H,18,21). The van der Waals surface area contributed by atoms with Gasteiger partial charge in [-0.05, 0) is 30.3 Å². The van der Waals surface area contributed by atoms with E-state index in [0.717, 1.165) is 0 Å². The van der Waals surface area contributed by atoms with Gasteiger partial charge in [-0.15, -0.1) is 0 Å². The number of nitrogens with one attached hydrogen (secondary N) is 1. The molecule has 0 aliphatic heterocycles. The van der Waals surface area contributed by atoms with E-state index in [1.54, 1.807) is 36.6 Å². The van der Waals surface area contributed by atoms with E-state index in [-0.39, 0.29) is 12.6 Å². The molecule has 6 nitrogen and oxygen atoms in total. The fraction of sp³-hybridized carbons (Fsp3) is 0.125. The summed E-state index contributed by atoms with van der Waals surface area (Å²) < 4.78 is 12.2. The van der Waals surface area contributed by atoms with Crippen LogP contribution < -0.4 is 10.1 Å². The van der Waals surface area contributed by atoms with Crippen molar-refractivity contribution < 1.29 is 13.9 Å². The first-order valence-electron chi connectivity index (χ1n) is 6.94. The summed E-state index contributed by atoms with van der Waals surface area (Å²) in [6.45, 7) is 0.391. The van der Waals surface area contributed by atoms with E-state index < -0.39 is 0 Å². The molecule has 3 rings (SSSR count). The number of aromatic nitrogens is 2. The molecule has 0 aliphatic carbocycles. The molecule has 0 fully saturated rings. The molecule has 0 spiro atoms. The van der Waals surface area contributed by atoms with Gasteiger partial charge in [0, 0.05) is 6.20 Å². The number of benzene rings is 1. The van der Waals surface area contributed by atoms with Gasteiger partial charge in [0.25, 0.3) is 5.91 Å². The molecule has 2 heterocycles. The third-order valence-corrected chi connectivity index (χ3v) is 3.44. The molecule has 1 N–H and O–H groups in total. The Hall–Kier alpha value is -2.73. The van der Waals surface area contributed by atoms with Gasteiger partial charge in [0.1, 0.15) is 17.2 Å². The van der Waals surface area contributed by atoms with Crippen molar-refractivity contribution in [1.29, 1.82) is 0 Å². The summed E-state index contributed by atoms with van der Waals surface area (Å²) in [6, 6.07) is 12.3. The maximum atomic E-state index is 12.2. The molecule has 0 atom stereocenters. The van der Waals surface area contributed by atoms with Gasteiger partial charge in [0.05, 0.1) is 17.8 Å². The van der Waals surface area contributed by atoms with Crippen molar-refractivity contribution in [2.75, 3.05) is 0 Å². The van der Waals surface area contributed by atoms with Gasteiger partial charge >= 0.3 is 0 Å². The largest absolute Gasteiger partial charge is 0.470 e. The average Bonchev–Trinajstić information content (AvgIpc) is 3.23. The second kappa shape index (κ2) is 7.02. The predicted octanol–water partition coefficient (Wildman–Crippen LogP) is 3.10. The van der Waals surface area contributed by atoms with Crippen LogP contribution in [0.15, 0.2) is 59.3 Å². The summed E-state index contributed by atoms with van der Waals surface area (Å²) in [4.78, 5) is 12.2.